The van der Waals surface area contributed by atoms with Crippen LogP contribution in [0.25, 0.3) is 0 Å². The van der Waals surface area contributed by atoms with E-state index < -0.39 is 0 Å². The summed E-state index contributed by atoms with van der Waals surface area (Å²) in [6.45, 7) is 9.71. The van der Waals surface area contributed by atoms with Crippen molar-refractivity contribution in [3.63, 3.8) is 0 Å². The normalized spacial score (nSPS) is 16.2. The number of piperidine rings is 2. The first-order valence-corrected chi connectivity index (χ1v) is 15.1. The summed E-state index contributed by atoms with van der Waals surface area (Å²) in [5, 5.41) is 6.18. The van der Waals surface area contributed by atoms with Crippen molar-refractivity contribution in [2.75, 3.05) is 59.0 Å². The van der Waals surface area contributed by atoms with Crippen molar-refractivity contribution < 1.29 is 14.3 Å². The number of ether oxygens (including phenoxy) is 2. The number of benzene rings is 2. The van der Waals surface area contributed by atoms with E-state index in [1.807, 2.05) is 12.1 Å². The fraction of sp³-hybridized carbons (Fsp3) is 0.594. The lowest BCUT2D eigenvalue weighted by Crippen LogP contribution is -2.35. The maximum absolute atomic E-state index is 12.1. The van der Waals surface area contributed by atoms with Gasteiger partial charge in [0.2, 0.25) is 5.91 Å². The van der Waals surface area contributed by atoms with Gasteiger partial charge in [0.25, 0.3) is 0 Å². The van der Waals surface area contributed by atoms with E-state index in [-0.39, 0.29) is 18.3 Å². The van der Waals surface area contributed by atoms with Gasteiger partial charge in [-0.2, -0.15) is 0 Å². The molecule has 222 valence electrons. The second kappa shape index (κ2) is 18.9. The largest absolute Gasteiger partial charge is 0.494 e. The first-order chi connectivity index (χ1) is 19.2. The van der Waals surface area contributed by atoms with Crippen LogP contribution in [0, 0.1) is 0 Å². The van der Waals surface area contributed by atoms with Gasteiger partial charge in [0.05, 0.1) is 19.8 Å². The van der Waals surface area contributed by atoms with Crippen molar-refractivity contribution in [3.05, 3.63) is 59.7 Å². The number of hydrogen-bond donors (Lipinski definition) is 2. The van der Waals surface area contributed by atoms with Crippen LogP contribution < -0.4 is 20.1 Å². The molecule has 0 aliphatic carbocycles. The van der Waals surface area contributed by atoms with Crippen LogP contribution in [-0.4, -0.2) is 74.7 Å². The lowest BCUT2D eigenvalue weighted by atomic mass is 10.1. The Hall–Kier alpha value is -2.32. The van der Waals surface area contributed by atoms with Gasteiger partial charge >= 0.3 is 0 Å². The number of likely N-dealkylation sites (tertiary alicyclic amines) is 2. The first kappa shape index (κ1) is 32.2. The lowest BCUT2D eigenvalue weighted by molar-refractivity contribution is -0.120. The molecule has 1 amide bonds. The summed E-state index contributed by atoms with van der Waals surface area (Å²) in [4.78, 5) is 17.2. The molecule has 8 heteroatoms. The van der Waals surface area contributed by atoms with E-state index in [4.69, 9.17) is 9.47 Å². The van der Waals surface area contributed by atoms with Crippen molar-refractivity contribution in [1.29, 1.82) is 0 Å². The SMILES string of the molecule is Cl.O=C(CNCCCOc1cccc(CN2CCCCC2)c1)NCCCOc1cccc(CN2CCCCC2)c1. The monoisotopic (exact) mass is 572 g/mol. The predicted molar refractivity (Wildman–Crippen MR) is 164 cm³/mol. The number of nitrogens with zero attached hydrogens (tertiary/aromatic N) is 2. The van der Waals surface area contributed by atoms with E-state index in [1.165, 1.54) is 75.8 Å². The molecule has 7 nitrogen and oxygen atoms in total. The summed E-state index contributed by atoms with van der Waals surface area (Å²) >= 11 is 0. The molecule has 2 aromatic rings. The molecule has 0 atom stereocenters. The molecule has 0 spiro atoms. The molecule has 2 N–H and O–H groups in total. The molecule has 0 bridgehead atoms. The molecular weight excluding hydrogens is 524 g/mol. The van der Waals surface area contributed by atoms with Crippen LogP contribution >= 0.6 is 12.4 Å². The summed E-state index contributed by atoms with van der Waals surface area (Å²) < 4.78 is 11.9. The Morgan fingerprint density at radius 2 is 1.20 bits per heavy atom. The summed E-state index contributed by atoms with van der Waals surface area (Å²) in [6, 6.07) is 16.8. The highest BCUT2D eigenvalue weighted by molar-refractivity contribution is 5.85. The van der Waals surface area contributed by atoms with Crippen LogP contribution in [0.15, 0.2) is 48.5 Å². The molecule has 0 radical (unpaired) electrons. The third-order valence-corrected chi connectivity index (χ3v) is 7.47. The second-order valence-electron chi connectivity index (χ2n) is 10.9. The summed E-state index contributed by atoms with van der Waals surface area (Å²) in [5.41, 5.74) is 2.62. The van der Waals surface area contributed by atoms with Crippen LogP contribution in [0.2, 0.25) is 0 Å². The summed E-state index contributed by atoms with van der Waals surface area (Å²) in [5.74, 6) is 1.86. The fourth-order valence-corrected chi connectivity index (χ4v) is 5.36. The molecule has 0 saturated carbocycles. The Bertz CT molecular complexity index is 980. The average Bonchev–Trinajstić information content (AvgIpc) is 2.96. The number of halogens is 1. The van der Waals surface area contributed by atoms with Gasteiger partial charge in [-0.15, -0.1) is 12.4 Å². The van der Waals surface area contributed by atoms with Crippen LogP contribution in [0.3, 0.4) is 0 Å². The smallest absolute Gasteiger partial charge is 0.233 e. The molecular formula is C32H49ClN4O3. The highest BCUT2D eigenvalue weighted by Gasteiger charge is 2.12. The van der Waals surface area contributed by atoms with Crippen LogP contribution in [0.1, 0.15) is 62.5 Å². The van der Waals surface area contributed by atoms with E-state index in [9.17, 15) is 4.79 Å². The minimum absolute atomic E-state index is 0. The molecule has 2 saturated heterocycles. The van der Waals surface area contributed by atoms with E-state index in [0.717, 1.165) is 44.0 Å². The summed E-state index contributed by atoms with van der Waals surface area (Å²) in [7, 11) is 0. The molecule has 2 aliphatic rings. The zero-order valence-electron chi connectivity index (χ0n) is 24.1. The topological polar surface area (TPSA) is 66.1 Å². The van der Waals surface area contributed by atoms with Gasteiger partial charge in [0.15, 0.2) is 0 Å². The van der Waals surface area contributed by atoms with Gasteiger partial charge in [-0.25, -0.2) is 0 Å². The summed E-state index contributed by atoms with van der Waals surface area (Å²) in [6.07, 6.45) is 9.59. The highest BCUT2D eigenvalue weighted by Crippen LogP contribution is 2.19. The zero-order chi connectivity index (χ0) is 27.0. The molecule has 2 fully saturated rings. The highest BCUT2D eigenvalue weighted by atomic mass is 35.5. The Kier molecular flexibility index (Phi) is 15.2. The van der Waals surface area contributed by atoms with Crippen molar-refractivity contribution >= 4 is 18.3 Å². The fourth-order valence-electron chi connectivity index (χ4n) is 5.36. The van der Waals surface area contributed by atoms with E-state index in [1.54, 1.807) is 0 Å². The lowest BCUT2D eigenvalue weighted by Gasteiger charge is -2.26. The zero-order valence-corrected chi connectivity index (χ0v) is 24.9. The van der Waals surface area contributed by atoms with Gasteiger partial charge < -0.3 is 20.1 Å². The van der Waals surface area contributed by atoms with Crippen LogP contribution in [-0.2, 0) is 17.9 Å². The van der Waals surface area contributed by atoms with Gasteiger partial charge in [-0.3, -0.25) is 14.6 Å². The standard InChI is InChI=1S/C32H48N4O3.ClH/c37-32(34-16-10-22-39-31-14-8-12-29(24-31)27-36-19-5-2-6-20-36)25-33-15-9-21-38-30-13-7-11-28(23-30)26-35-17-3-1-4-18-35;/h7-8,11-14,23-24,33H,1-6,9-10,15-22,25-27H2,(H,34,37);1H. The van der Waals surface area contributed by atoms with Gasteiger partial charge in [-0.1, -0.05) is 37.1 Å². The minimum atomic E-state index is 0. The maximum Gasteiger partial charge on any atom is 0.233 e. The van der Waals surface area contributed by atoms with E-state index in [0.29, 0.717) is 26.3 Å². The van der Waals surface area contributed by atoms with E-state index >= 15 is 0 Å². The molecule has 40 heavy (non-hydrogen) atoms. The van der Waals surface area contributed by atoms with Gasteiger partial charge in [0, 0.05) is 19.6 Å². The maximum atomic E-state index is 12.1. The quantitative estimate of drug-likeness (QED) is 0.275. The average molecular weight is 573 g/mol. The van der Waals surface area contributed by atoms with Crippen molar-refractivity contribution in [2.45, 2.75) is 64.5 Å². The van der Waals surface area contributed by atoms with Crippen LogP contribution in [0.5, 0.6) is 11.5 Å². The molecule has 0 aromatic heterocycles. The van der Waals surface area contributed by atoms with Crippen molar-refractivity contribution in [1.82, 2.24) is 20.4 Å². The number of carbonyl (C=O) groups is 1. The van der Waals surface area contributed by atoms with Crippen molar-refractivity contribution in [3.8, 4) is 11.5 Å². The third kappa shape index (κ3) is 12.5. The molecule has 4 rings (SSSR count). The number of amides is 1. The molecule has 0 unspecified atom stereocenters. The Morgan fingerprint density at radius 1 is 0.700 bits per heavy atom. The third-order valence-electron chi connectivity index (χ3n) is 7.47. The molecule has 2 aliphatic heterocycles. The van der Waals surface area contributed by atoms with Crippen molar-refractivity contribution in [2.24, 2.45) is 0 Å². The van der Waals surface area contributed by atoms with Gasteiger partial charge in [-0.05, 0) is 107 Å². The first-order valence-electron chi connectivity index (χ1n) is 15.1. The number of carbonyl (C=O) groups excluding carboxylic acids is 1. The Morgan fingerprint density at radius 3 is 1.73 bits per heavy atom. The Balaban J connectivity index is 0.00000441. The predicted octanol–water partition coefficient (Wildman–Crippen LogP) is 5.02. The molecule has 2 heterocycles. The van der Waals surface area contributed by atoms with E-state index in [2.05, 4.69) is 56.8 Å². The minimum Gasteiger partial charge on any atom is -0.494 e. The Labute approximate surface area is 247 Å². The number of hydrogen-bond acceptors (Lipinski definition) is 6. The van der Waals surface area contributed by atoms with Gasteiger partial charge in [0.1, 0.15) is 11.5 Å². The number of nitrogens with one attached hydrogen (secondary N) is 2. The molecule has 2 aromatic carbocycles. The second-order valence-corrected chi connectivity index (χ2v) is 10.9. The van der Waals surface area contributed by atoms with Crippen LogP contribution in [0.4, 0.5) is 0 Å². The number of rotatable bonds is 16.